The van der Waals surface area contributed by atoms with Gasteiger partial charge in [-0.3, -0.25) is 4.79 Å². The van der Waals surface area contributed by atoms with Crippen LogP contribution in [-0.2, 0) is 6.42 Å². The van der Waals surface area contributed by atoms with Crippen molar-refractivity contribution < 1.29 is 9.90 Å². The molecule has 1 amide bonds. The summed E-state index contributed by atoms with van der Waals surface area (Å²) in [6.07, 6.45) is 0.802. The summed E-state index contributed by atoms with van der Waals surface area (Å²) in [7, 11) is 1.69. The number of hydrogen-bond donors (Lipinski definition) is 2. The van der Waals surface area contributed by atoms with Crippen LogP contribution < -0.4 is 10.6 Å². The lowest BCUT2D eigenvalue weighted by Gasteiger charge is -2.17. The molecule has 0 spiro atoms. The number of phenolic OH excluding ortho intramolecular Hbond substituents is 1. The van der Waals surface area contributed by atoms with Gasteiger partial charge in [-0.25, -0.2) is 0 Å². The van der Waals surface area contributed by atoms with Gasteiger partial charge in [-0.15, -0.1) is 0 Å². The first-order chi connectivity index (χ1) is 9.61. The first-order valence-corrected chi connectivity index (χ1v) is 6.48. The van der Waals surface area contributed by atoms with Crippen LogP contribution in [0.25, 0.3) is 0 Å². The number of benzene rings is 2. The number of phenols is 1. The highest BCUT2D eigenvalue weighted by Gasteiger charge is 2.13. The average molecular weight is 270 g/mol. The Labute approximate surface area is 118 Å². The van der Waals surface area contributed by atoms with Gasteiger partial charge in [-0.2, -0.15) is 0 Å². The van der Waals surface area contributed by atoms with E-state index in [9.17, 15) is 9.90 Å². The second-order valence-electron chi connectivity index (χ2n) is 4.62. The number of anilines is 1. The number of carbonyl (C=O) groups excluding carboxylic acids is 1. The fourth-order valence-electron chi connectivity index (χ4n) is 1.99. The predicted molar refractivity (Wildman–Crippen MR) is 80.0 cm³/mol. The normalized spacial score (nSPS) is 10.3. The van der Waals surface area contributed by atoms with E-state index in [-0.39, 0.29) is 11.7 Å². The smallest absolute Gasteiger partial charge is 0.258 e. The molecule has 104 valence electrons. The molecular weight excluding hydrogens is 252 g/mol. The summed E-state index contributed by atoms with van der Waals surface area (Å²) in [6, 6.07) is 14.0. The molecule has 4 nitrogen and oxygen atoms in total. The molecule has 2 aromatic carbocycles. The highest BCUT2D eigenvalue weighted by Crippen LogP contribution is 2.20. The van der Waals surface area contributed by atoms with E-state index in [1.807, 2.05) is 12.1 Å². The fraction of sp³-hybridized carbons (Fsp3) is 0.188. The second kappa shape index (κ2) is 6.21. The van der Waals surface area contributed by atoms with Crippen molar-refractivity contribution in [3.8, 4) is 5.75 Å². The Hall–Kier alpha value is -2.33. The SMILES string of the molecule is CN(C(=O)c1ccc(CCN)cc1)c1cccc(O)c1. The van der Waals surface area contributed by atoms with Crippen LogP contribution in [0.3, 0.4) is 0 Å². The third kappa shape index (κ3) is 3.16. The summed E-state index contributed by atoms with van der Waals surface area (Å²) in [4.78, 5) is 13.9. The zero-order valence-electron chi connectivity index (χ0n) is 11.4. The molecule has 0 aliphatic rings. The van der Waals surface area contributed by atoms with E-state index in [2.05, 4.69) is 0 Å². The molecule has 20 heavy (non-hydrogen) atoms. The van der Waals surface area contributed by atoms with Gasteiger partial charge in [-0.05, 0) is 42.8 Å². The Morgan fingerprint density at radius 1 is 1.20 bits per heavy atom. The van der Waals surface area contributed by atoms with E-state index in [1.54, 1.807) is 43.4 Å². The number of amides is 1. The molecule has 0 heterocycles. The van der Waals surface area contributed by atoms with Gasteiger partial charge in [0.1, 0.15) is 5.75 Å². The third-order valence-electron chi connectivity index (χ3n) is 3.16. The van der Waals surface area contributed by atoms with Crippen molar-refractivity contribution in [2.45, 2.75) is 6.42 Å². The first-order valence-electron chi connectivity index (χ1n) is 6.48. The fourth-order valence-corrected chi connectivity index (χ4v) is 1.99. The van der Waals surface area contributed by atoms with Gasteiger partial charge in [-0.1, -0.05) is 18.2 Å². The van der Waals surface area contributed by atoms with Gasteiger partial charge >= 0.3 is 0 Å². The number of carbonyl (C=O) groups is 1. The molecule has 0 fully saturated rings. The van der Waals surface area contributed by atoms with Gasteiger partial charge in [0.2, 0.25) is 0 Å². The van der Waals surface area contributed by atoms with E-state index in [4.69, 9.17) is 5.73 Å². The molecular formula is C16H18N2O2. The van der Waals surface area contributed by atoms with E-state index >= 15 is 0 Å². The summed E-state index contributed by atoms with van der Waals surface area (Å²) in [6.45, 7) is 0.594. The molecule has 0 radical (unpaired) electrons. The lowest BCUT2D eigenvalue weighted by molar-refractivity contribution is 0.0993. The Bertz CT molecular complexity index is 594. The minimum Gasteiger partial charge on any atom is -0.508 e. The average Bonchev–Trinajstić information content (AvgIpc) is 2.47. The molecule has 4 heteroatoms. The van der Waals surface area contributed by atoms with Crippen LogP contribution in [0.15, 0.2) is 48.5 Å². The summed E-state index contributed by atoms with van der Waals surface area (Å²) < 4.78 is 0. The second-order valence-corrected chi connectivity index (χ2v) is 4.62. The van der Waals surface area contributed by atoms with Gasteiger partial charge in [0.05, 0.1) is 0 Å². The van der Waals surface area contributed by atoms with Gasteiger partial charge in [0, 0.05) is 24.4 Å². The van der Waals surface area contributed by atoms with Crippen LogP contribution in [-0.4, -0.2) is 24.6 Å². The number of nitrogens with zero attached hydrogens (tertiary/aromatic N) is 1. The number of nitrogens with two attached hydrogens (primary N) is 1. The first kappa shape index (κ1) is 14.1. The van der Waals surface area contributed by atoms with Crippen molar-refractivity contribution >= 4 is 11.6 Å². The largest absolute Gasteiger partial charge is 0.508 e. The monoisotopic (exact) mass is 270 g/mol. The summed E-state index contributed by atoms with van der Waals surface area (Å²) in [5.41, 5.74) is 7.87. The molecule has 0 unspecified atom stereocenters. The van der Waals surface area contributed by atoms with E-state index in [0.29, 0.717) is 17.8 Å². The van der Waals surface area contributed by atoms with Crippen LogP contribution in [0.2, 0.25) is 0 Å². The zero-order valence-corrected chi connectivity index (χ0v) is 11.4. The van der Waals surface area contributed by atoms with Crippen LogP contribution in [0, 0.1) is 0 Å². The van der Waals surface area contributed by atoms with Crippen LogP contribution >= 0.6 is 0 Å². The highest BCUT2D eigenvalue weighted by molar-refractivity contribution is 6.05. The summed E-state index contributed by atoms with van der Waals surface area (Å²) in [5, 5.41) is 9.46. The van der Waals surface area contributed by atoms with Crippen molar-refractivity contribution in [2.24, 2.45) is 5.73 Å². The number of hydrogen-bond acceptors (Lipinski definition) is 3. The van der Waals surface area contributed by atoms with Gasteiger partial charge < -0.3 is 15.7 Å². The lowest BCUT2D eigenvalue weighted by Crippen LogP contribution is -2.26. The number of aromatic hydroxyl groups is 1. The third-order valence-corrected chi connectivity index (χ3v) is 3.16. The zero-order chi connectivity index (χ0) is 14.5. The quantitative estimate of drug-likeness (QED) is 0.894. The lowest BCUT2D eigenvalue weighted by atomic mass is 10.1. The van der Waals surface area contributed by atoms with Gasteiger partial charge in [0.15, 0.2) is 0 Å². The molecule has 2 aromatic rings. The molecule has 0 aromatic heterocycles. The highest BCUT2D eigenvalue weighted by atomic mass is 16.3. The van der Waals surface area contributed by atoms with E-state index in [1.165, 1.54) is 4.90 Å². The molecule has 0 saturated carbocycles. The summed E-state index contributed by atoms with van der Waals surface area (Å²) >= 11 is 0. The van der Waals surface area contributed by atoms with Crippen molar-refractivity contribution in [3.05, 3.63) is 59.7 Å². The van der Waals surface area contributed by atoms with E-state index in [0.717, 1.165) is 12.0 Å². The molecule has 3 N–H and O–H groups in total. The Morgan fingerprint density at radius 3 is 2.50 bits per heavy atom. The van der Waals surface area contributed by atoms with Crippen LogP contribution in [0.1, 0.15) is 15.9 Å². The molecule has 0 atom stereocenters. The van der Waals surface area contributed by atoms with Crippen LogP contribution in [0.4, 0.5) is 5.69 Å². The maximum absolute atomic E-state index is 12.3. The van der Waals surface area contributed by atoms with Crippen molar-refractivity contribution in [1.29, 1.82) is 0 Å². The Balaban J connectivity index is 2.18. The van der Waals surface area contributed by atoms with Crippen molar-refractivity contribution in [3.63, 3.8) is 0 Å². The molecule has 2 rings (SSSR count). The standard InChI is InChI=1S/C16H18N2O2/c1-18(14-3-2-4-15(19)11-14)16(20)13-7-5-12(6-8-13)9-10-17/h2-8,11,19H,9-10,17H2,1H3. The number of rotatable bonds is 4. The van der Waals surface area contributed by atoms with Gasteiger partial charge in [0.25, 0.3) is 5.91 Å². The van der Waals surface area contributed by atoms with E-state index < -0.39 is 0 Å². The molecule has 0 aliphatic carbocycles. The topological polar surface area (TPSA) is 66.6 Å². The maximum Gasteiger partial charge on any atom is 0.258 e. The Morgan fingerprint density at radius 2 is 1.90 bits per heavy atom. The van der Waals surface area contributed by atoms with Crippen molar-refractivity contribution in [2.75, 3.05) is 18.5 Å². The molecule has 0 bridgehead atoms. The molecule has 0 saturated heterocycles. The minimum atomic E-state index is -0.116. The Kier molecular flexibility index (Phi) is 4.38. The maximum atomic E-state index is 12.3. The summed E-state index contributed by atoms with van der Waals surface area (Å²) in [5.74, 6) is 0.0235. The van der Waals surface area contributed by atoms with Crippen molar-refractivity contribution in [1.82, 2.24) is 0 Å². The predicted octanol–water partition coefficient (Wildman–Crippen LogP) is 2.17. The minimum absolute atomic E-state index is 0.116. The molecule has 0 aliphatic heterocycles. The van der Waals surface area contributed by atoms with Crippen LogP contribution in [0.5, 0.6) is 5.75 Å².